The Bertz CT molecular complexity index is 881. The SMILES string of the molecule is CCn1c(-c2ccc3c(c2)OCCO3)cnc1SCC(=O)NC(=O)NCC(C)C. The maximum Gasteiger partial charge on any atom is 0.321 e. The van der Waals surface area contributed by atoms with Crippen molar-refractivity contribution >= 4 is 23.7 Å². The van der Waals surface area contributed by atoms with Gasteiger partial charge in [-0.15, -0.1) is 0 Å². The highest BCUT2D eigenvalue weighted by molar-refractivity contribution is 7.99. The van der Waals surface area contributed by atoms with Crippen LogP contribution in [0.4, 0.5) is 4.79 Å². The van der Waals surface area contributed by atoms with Crippen molar-refractivity contribution < 1.29 is 19.1 Å². The average Bonchev–Trinajstić information content (AvgIpc) is 3.13. The van der Waals surface area contributed by atoms with Crippen LogP contribution in [0.5, 0.6) is 11.5 Å². The van der Waals surface area contributed by atoms with Crippen LogP contribution in [-0.4, -0.2) is 47.0 Å². The van der Waals surface area contributed by atoms with Crippen LogP contribution in [0.3, 0.4) is 0 Å². The maximum atomic E-state index is 12.0. The number of rotatable bonds is 7. The van der Waals surface area contributed by atoms with E-state index in [4.69, 9.17) is 9.47 Å². The lowest BCUT2D eigenvalue weighted by Gasteiger charge is -2.19. The number of imidazole rings is 1. The number of nitrogens with zero attached hydrogens (tertiary/aromatic N) is 2. The van der Waals surface area contributed by atoms with Gasteiger partial charge in [0.05, 0.1) is 17.6 Å². The third kappa shape index (κ3) is 5.44. The number of thioether (sulfide) groups is 1. The van der Waals surface area contributed by atoms with Crippen LogP contribution in [0, 0.1) is 5.92 Å². The molecule has 29 heavy (non-hydrogen) atoms. The number of fused-ring (bicyclic) bond motifs is 1. The van der Waals surface area contributed by atoms with Gasteiger partial charge < -0.3 is 19.4 Å². The van der Waals surface area contributed by atoms with Gasteiger partial charge in [-0.25, -0.2) is 9.78 Å². The Morgan fingerprint density at radius 3 is 2.72 bits per heavy atom. The number of hydrogen-bond donors (Lipinski definition) is 2. The molecule has 0 spiro atoms. The smallest absolute Gasteiger partial charge is 0.321 e. The fraction of sp³-hybridized carbons (Fsp3) is 0.450. The summed E-state index contributed by atoms with van der Waals surface area (Å²) in [6.07, 6.45) is 1.78. The predicted molar refractivity (Wildman–Crippen MR) is 111 cm³/mol. The van der Waals surface area contributed by atoms with Crippen molar-refractivity contribution in [2.75, 3.05) is 25.5 Å². The zero-order chi connectivity index (χ0) is 20.8. The van der Waals surface area contributed by atoms with Crippen LogP contribution in [0.15, 0.2) is 29.6 Å². The zero-order valence-electron chi connectivity index (χ0n) is 16.9. The number of hydrogen-bond acceptors (Lipinski definition) is 6. The van der Waals surface area contributed by atoms with Gasteiger partial charge in [0.15, 0.2) is 16.7 Å². The maximum absolute atomic E-state index is 12.0. The second-order valence-corrected chi connectivity index (χ2v) is 7.91. The summed E-state index contributed by atoms with van der Waals surface area (Å²) in [6.45, 7) is 8.30. The van der Waals surface area contributed by atoms with Crippen molar-refractivity contribution in [3.8, 4) is 22.8 Å². The second-order valence-electron chi connectivity index (χ2n) is 6.97. The van der Waals surface area contributed by atoms with Gasteiger partial charge in [0.2, 0.25) is 5.91 Å². The fourth-order valence-electron chi connectivity index (χ4n) is 2.85. The summed E-state index contributed by atoms with van der Waals surface area (Å²) in [4.78, 5) is 28.2. The number of ether oxygens (including phenoxy) is 2. The van der Waals surface area contributed by atoms with Gasteiger partial charge >= 0.3 is 6.03 Å². The molecule has 1 aliphatic heterocycles. The molecule has 0 saturated heterocycles. The third-order valence-electron chi connectivity index (χ3n) is 4.23. The van der Waals surface area contributed by atoms with Gasteiger partial charge in [0, 0.05) is 18.7 Å². The van der Waals surface area contributed by atoms with Gasteiger partial charge in [-0.1, -0.05) is 25.6 Å². The monoisotopic (exact) mass is 418 g/mol. The van der Waals surface area contributed by atoms with Gasteiger partial charge in [-0.05, 0) is 31.0 Å². The highest BCUT2D eigenvalue weighted by Gasteiger charge is 2.17. The number of carbonyl (C=O) groups is 2. The van der Waals surface area contributed by atoms with Crippen LogP contribution >= 0.6 is 11.8 Å². The van der Waals surface area contributed by atoms with Crippen LogP contribution < -0.4 is 20.1 Å². The van der Waals surface area contributed by atoms with E-state index in [1.54, 1.807) is 6.20 Å². The molecule has 1 aromatic heterocycles. The number of carbonyl (C=O) groups excluding carboxylic acids is 2. The van der Waals surface area contributed by atoms with Crippen molar-refractivity contribution in [2.24, 2.45) is 5.92 Å². The first kappa shape index (κ1) is 21.0. The summed E-state index contributed by atoms with van der Waals surface area (Å²) in [5, 5.41) is 5.72. The molecule has 0 atom stereocenters. The highest BCUT2D eigenvalue weighted by Crippen LogP contribution is 2.35. The Morgan fingerprint density at radius 2 is 2.00 bits per heavy atom. The van der Waals surface area contributed by atoms with Crippen LogP contribution in [0.25, 0.3) is 11.3 Å². The van der Waals surface area contributed by atoms with E-state index in [1.807, 2.05) is 43.5 Å². The molecule has 2 heterocycles. The molecular formula is C20H26N4O4S. The summed E-state index contributed by atoms with van der Waals surface area (Å²) in [7, 11) is 0. The Morgan fingerprint density at radius 1 is 1.24 bits per heavy atom. The number of aromatic nitrogens is 2. The van der Waals surface area contributed by atoms with Crippen LogP contribution in [0.2, 0.25) is 0 Å². The standard InChI is InChI=1S/C20H26N4O4S/c1-4-24-15(14-5-6-16-17(9-14)28-8-7-27-16)11-22-20(24)29-12-18(25)23-19(26)21-10-13(2)3/h5-6,9,11,13H,4,7-8,10,12H2,1-3H3,(H2,21,23,25,26). The van der Waals surface area contributed by atoms with Gasteiger partial charge in [0.1, 0.15) is 13.2 Å². The average molecular weight is 419 g/mol. The minimum absolute atomic E-state index is 0.104. The Kier molecular flexibility index (Phi) is 7.03. The molecule has 9 heteroatoms. The summed E-state index contributed by atoms with van der Waals surface area (Å²) in [5.41, 5.74) is 1.90. The molecule has 0 fully saturated rings. The largest absolute Gasteiger partial charge is 0.486 e. The van der Waals surface area contributed by atoms with Gasteiger partial charge in [-0.3, -0.25) is 10.1 Å². The molecule has 0 saturated carbocycles. The van der Waals surface area contributed by atoms with Gasteiger partial charge in [0.25, 0.3) is 0 Å². The lowest BCUT2D eigenvalue weighted by Crippen LogP contribution is -2.41. The van der Waals surface area contributed by atoms with Crippen molar-refractivity contribution in [2.45, 2.75) is 32.5 Å². The Labute approximate surface area is 174 Å². The topological polar surface area (TPSA) is 94.5 Å². The number of urea groups is 1. The predicted octanol–water partition coefficient (Wildman–Crippen LogP) is 2.92. The molecule has 1 aliphatic rings. The quantitative estimate of drug-likeness (QED) is 0.672. The van der Waals surface area contributed by atoms with E-state index in [-0.39, 0.29) is 11.7 Å². The van der Waals surface area contributed by atoms with Crippen molar-refractivity contribution in [3.63, 3.8) is 0 Å². The molecule has 3 rings (SSSR count). The third-order valence-corrected chi connectivity index (χ3v) is 5.22. The molecule has 0 aliphatic carbocycles. The number of amides is 3. The summed E-state index contributed by atoms with van der Waals surface area (Å²) in [6, 6.07) is 5.34. The first-order valence-electron chi connectivity index (χ1n) is 9.64. The normalized spacial score (nSPS) is 12.7. The molecule has 3 amide bonds. The molecule has 0 radical (unpaired) electrons. The van der Waals surface area contributed by atoms with Crippen molar-refractivity contribution in [1.82, 2.24) is 20.2 Å². The Balaban J connectivity index is 1.64. The van der Waals surface area contributed by atoms with Crippen LogP contribution in [0.1, 0.15) is 20.8 Å². The molecule has 0 unspecified atom stereocenters. The second kappa shape index (κ2) is 9.69. The molecule has 156 valence electrons. The minimum Gasteiger partial charge on any atom is -0.486 e. The van der Waals surface area contributed by atoms with E-state index in [0.717, 1.165) is 27.9 Å². The number of imide groups is 1. The van der Waals surface area contributed by atoms with Crippen molar-refractivity contribution in [3.05, 3.63) is 24.4 Å². The lowest BCUT2D eigenvalue weighted by atomic mass is 10.1. The van der Waals surface area contributed by atoms with Crippen molar-refractivity contribution in [1.29, 1.82) is 0 Å². The lowest BCUT2D eigenvalue weighted by molar-refractivity contribution is -0.117. The molecule has 2 N–H and O–H groups in total. The molecule has 1 aromatic carbocycles. The van der Waals surface area contributed by atoms with Crippen LogP contribution in [-0.2, 0) is 11.3 Å². The zero-order valence-corrected chi connectivity index (χ0v) is 17.7. The van der Waals surface area contributed by atoms with Gasteiger partial charge in [-0.2, -0.15) is 0 Å². The van der Waals surface area contributed by atoms with E-state index in [2.05, 4.69) is 15.6 Å². The first-order valence-corrected chi connectivity index (χ1v) is 10.6. The summed E-state index contributed by atoms with van der Waals surface area (Å²) >= 11 is 1.29. The van der Waals surface area contributed by atoms with E-state index in [1.165, 1.54) is 11.8 Å². The molecular weight excluding hydrogens is 392 g/mol. The van der Waals surface area contributed by atoms with E-state index >= 15 is 0 Å². The van der Waals surface area contributed by atoms with E-state index in [0.29, 0.717) is 32.2 Å². The molecule has 0 bridgehead atoms. The minimum atomic E-state index is -0.472. The molecule has 8 nitrogen and oxygen atoms in total. The number of benzene rings is 1. The Hall–Kier alpha value is -2.68. The van der Waals surface area contributed by atoms with E-state index in [9.17, 15) is 9.59 Å². The fourth-order valence-corrected chi connectivity index (χ4v) is 3.69. The highest BCUT2D eigenvalue weighted by atomic mass is 32.2. The summed E-state index contributed by atoms with van der Waals surface area (Å²) < 4.78 is 13.3. The van der Waals surface area contributed by atoms with E-state index < -0.39 is 6.03 Å². The molecule has 2 aromatic rings. The first-order chi connectivity index (χ1) is 14.0. The summed E-state index contributed by atoms with van der Waals surface area (Å²) in [5.74, 6) is 1.53. The number of nitrogens with one attached hydrogen (secondary N) is 2.